The molecule has 0 fully saturated rings. The van der Waals surface area contributed by atoms with Crippen LogP contribution in [0.1, 0.15) is 31.0 Å². The van der Waals surface area contributed by atoms with E-state index in [0.29, 0.717) is 16.1 Å². The van der Waals surface area contributed by atoms with Crippen LogP contribution in [0, 0.1) is 6.92 Å². The Balaban J connectivity index is 1.86. The normalized spacial score (nSPS) is 11.9. The summed E-state index contributed by atoms with van der Waals surface area (Å²) in [4.78, 5) is 0.892. The molecule has 0 spiro atoms. The number of nitrogens with one attached hydrogen (secondary N) is 1. The van der Waals surface area contributed by atoms with Gasteiger partial charge < -0.3 is 4.52 Å². The number of nitrogens with zero attached hydrogens (tertiary/aromatic N) is 1. The lowest BCUT2D eigenvalue weighted by Crippen LogP contribution is -2.11. The van der Waals surface area contributed by atoms with E-state index in [9.17, 15) is 8.42 Å². The number of thiophene rings is 1. The van der Waals surface area contributed by atoms with Crippen LogP contribution in [0.15, 0.2) is 49.6 Å². The SMILES string of the molecule is Cc1noc(NS(=O)(=O)c2ccc(-c3ccc(C(C)C)cc3)s2)c1Br. The molecule has 1 aromatic carbocycles. The van der Waals surface area contributed by atoms with Crippen molar-refractivity contribution < 1.29 is 12.9 Å². The molecule has 0 radical (unpaired) electrons. The summed E-state index contributed by atoms with van der Waals surface area (Å²) in [5.74, 6) is 0.537. The molecule has 0 aliphatic heterocycles. The number of hydrogen-bond acceptors (Lipinski definition) is 5. The maximum absolute atomic E-state index is 12.5. The Morgan fingerprint density at radius 3 is 2.40 bits per heavy atom. The van der Waals surface area contributed by atoms with Crippen LogP contribution in [0.3, 0.4) is 0 Å². The van der Waals surface area contributed by atoms with E-state index in [-0.39, 0.29) is 10.1 Å². The summed E-state index contributed by atoms with van der Waals surface area (Å²) in [5.41, 5.74) is 2.82. The standard InChI is InChI=1S/C17H17BrN2O3S2/c1-10(2)12-4-6-13(7-5-12)14-8-9-15(24-14)25(21,22)20-17-16(18)11(3)19-23-17/h4-10,20H,1-3H3. The molecule has 0 amide bonds. The van der Waals surface area contributed by atoms with Crippen LogP contribution in [-0.2, 0) is 10.0 Å². The van der Waals surface area contributed by atoms with Gasteiger partial charge in [0.15, 0.2) is 0 Å². The zero-order valence-electron chi connectivity index (χ0n) is 13.9. The molecule has 0 atom stereocenters. The highest BCUT2D eigenvalue weighted by Gasteiger charge is 2.22. The number of sulfonamides is 1. The van der Waals surface area contributed by atoms with Gasteiger partial charge in [-0.05, 0) is 52.0 Å². The van der Waals surface area contributed by atoms with E-state index >= 15 is 0 Å². The van der Waals surface area contributed by atoms with Crippen molar-refractivity contribution in [2.75, 3.05) is 4.72 Å². The van der Waals surface area contributed by atoms with Crippen molar-refractivity contribution in [1.82, 2.24) is 5.16 Å². The van der Waals surface area contributed by atoms with Crippen LogP contribution in [0.25, 0.3) is 10.4 Å². The van der Waals surface area contributed by atoms with E-state index in [4.69, 9.17) is 4.52 Å². The second-order valence-corrected chi connectivity index (χ2v) is 9.70. The molecule has 1 N–H and O–H groups in total. The van der Waals surface area contributed by atoms with Crippen LogP contribution < -0.4 is 4.72 Å². The summed E-state index contributed by atoms with van der Waals surface area (Å²) in [7, 11) is -3.73. The van der Waals surface area contributed by atoms with Gasteiger partial charge in [-0.25, -0.2) is 13.1 Å². The van der Waals surface area contributed by atoms with Gasteiger partial charge in [-0.1, -0.05) is 43.3 Å². The van der Waals surface area contributed by atoms with E-state index in [1.807, 2.05) is 18.2 Å². The van der Waals surface area contributed by atoms with Gasteiger partial charge in [0.05, 0.1) is 5.69 Å². The van der Waals surface area contributed by atoms with Crippen LogP contribution in [0.5, 0.6) is 0 Å². The summed E-state index contributed by atoms with van der Waals surface area (Å²) < 4.78 is 33.2. The molecule has 2 aromatic heterocycles. The molecule has 3 rings (SSSR count). The molecule has 0 aliphatic carbocycles. The second kappa shape index (κ2) is 6.93. The topological polar surface area (TPSA) is 72.2 Å². The van der Waals surface area contributed by atoms with Crippen molar-refractivity contribution >= 4 is 43.2 Å². The van der Waals surface area contributed by atoms with E-state index in [1.165, 1.54) is 16.9 Å². The van der Waals surface area contributed by atoms with Gasteiger partial charge in [-0.2, -0.15) is 0 Å². The van der Waals surface area contributed by atoms with Gasteiger partial charge in [-0.15, -0.1) is 11.3 Å². The first-order chi connectivity index (χ1) is 11.8. The highest BCUT2D eigenvalue weighted by atomic mass is 79.9. The van der Waals surface area contributed by atoms with Crippen molar-refractivity contribution in [2.45, 2.75) is 30.9 Å². The van der Waals surface area contributed by atoms with Crippen LogP contribution in [0.2, 0.25) is 0 Å². The van der Waals surface area contributed by atoms with Crippen LogP contribution in [0.4, 0.5) is 5.88 Å². The fourth-order valence-corrected chi connectivity index (χ4v) is 4.93. The first kappa shape index (κ1) is 18.2. The molecule has 25 heavy (non-hydrogen) atoms. The van der Waals surface area contributed by atoms with Gasteiger partial charge in [-0.3, -0.25) is 0 Å². The zero-order chi connectivity index (χ0) is 18.2. The third-order valence-corrected chi connectivity index (χ3v) is 7.62. The predicted molar refractivity (Wildman–Crippen MR) is 104 cm³/mol. The Hall–Kier alpha value is -1.64. The lowest BCUT2D eigenvalue weighted by molar-refractivity contribution is 0.430. The summed E-state index contributed by atoms with van der Waals surface area (Å²) >= 11 is 4.47. The maximum atomic E-state index is 12.5. The fourth-order valence-electron chi connectivity index (χ4n) is 2.25. The van der Waals surface area contributed by atoms with E-state index in [1.54, 1.807) is 13.0 Å². The van der Waals surface area contributed by atoms with Crippen molar-refractivity contribution in [3.63, 3.8) is 0 Å². The number of halogens is 1. The predicted octanol–water partition coefficient (Wildman–Crippen LogP) is 5.40. The van der Waals surface area contributed by atoms with Gasteiger partial charge in [0.25, 0.3) is 15.9 Å². The number of benzene rings is 1. The average Bonchev–Trinajstić information content (AvgIpc) is 3.18. The fraction of sp³-hybridized carbons (Fsp3) is 0.235. The highest BCUT2D eigenvalue weighted by Crippen LogP contribution is 2.34. The number of hydrogen-bond donors (Lipinski definition) is 1. The lowest BCUT2D eigenvalue weighted by atomic mass is 10.0. The molecule has 5 nitrogen and oxygen atoms in total. The number of aromatic nitrogens is 1. The minimum Gasteiger partial charge on any atom is -0.336 e. The molecule has 0 aliphatic rings. The third kappa shape index (κ3) is 3.80. The minimum atomic E-state index is -3.73. The van der Waals surface area contributed by atoms with E-state index in [0.717, 1.165) is 10.4 Å². The first-order valence-electron chi connectivity index (χ1n) is 7.62. The molecule has 0 bridgehead atoms. The number of aryl methyl sites for hydroxylation is 1. The molecular weight excluding hydrogens is 424 g/mol. The highest BCUT2D eigenvalue weighted by molar-refractivity contribution is 9.10. The Morgan fingerprint density at radius 1 is 1.16 bits per heavy atom. The number of rotatable bonds is 5. The minimum absolute atomic E-state index is 0.0775. The Bertz CT molecular complexity index is 989. The molecule has 0 saturated carbocycles. The second-order valence-electron chi connectivity index (χ2n) is 5.91. The molecule has 132 valence electrons. The van der Waals surface area contributed by atoms with Gasteiger partial charge in [0, 0.05) is 4.88 Å². The van der Waals surface area contributed by atoms with Gasteiger partial charge in [0.1, 0.15) is 8.68 Å². The van der Waals surface area contributed by atoms with Crippen molar-refractivity contribution in [2.24, 2.45) is 0 Å². The summed E-state index contributed by atoms with van der Waals surface area (Å²) in [6.45, 7) is 6.00. The molecule has 8 heteroatoms. The quantitative estimate of drug-likeness (QED) is 0.576. The van der Waals surface area contributed by atoms with Crippen molar-refractivity contribution in [3.8, 4) is 10.4 Å². The van der Waals surface area contributed by atoms with Crippen molar-refractivity contribution in [3.05, 3.63) is 52.1 Å². The molecule has 0 saturated heterocycles. The Morgan fingerprint density at radius 2 is 1.84 bits per heavy atom. The van der Waals surface area contributed by atoms with E-state index < -0.39 is 10.0 Å². The largest absolute Gasteiger partial charge is 0.336 e. The van der Waals surface area contributed by atoms with Crippen molar-refractivity contribution in [1.29, 1.82) is 0 Å². The van der Waals surface area contributed by atoms with Crippen LogP contribution in [-0.4, -0.2) is 13.6 Å². The average molecular weight is 441 g/mol. The summed E-state index contributed by atoms with van der Waals surface area (Å²) in [5, 5.41) is 3.72. The first-order valence-corrected chi connectivity index (χ1v) is 10.7. The lowest BCUT2D eigenvalue weighted by Gasteiger charge is -2.05. The molecule has 3 aromatic rings. The number of anilines is 1. The molecular formula is C17H17BrN2O3S2. The van der Waals surface area contributed by atoms with E-state index in [2.05, 4.69) is 51.8 Å². The molecule has 0 unspecified atom stereocenters. The zero-order valence-corrected chi connectivity index (χ0v) is 17.1. The maximum Gasteiger partial charge on any atom is 0.273 e. The van der Waals surface area contributed by atoms with Gasteiger partial charge in [0.2, 0.25) is 0 Å². The summed E-state index contributed by atoms with van der Waals surface area (Å²) in [6.07, 6.45) is 0. The van der Waals surface area contributed by atoms with Gasteiger partial charge >= 0.3 is 0 Å². The van der Waals surface area contributed by atoms with Crippen LogP contribution >= 0.6 is 27.3 Å². The monoisotopic (exact) mass is 440 g/mol. The smallest absolute Gasteiger partial charge is 0.273 e. The summed E-state index contributed by atoms with van der Waals surface area (Å²) in [6, 6.07) is 11.6. The third-order valence-electron chi connectivity index (χ3n) is 3.73. The molecule has 2 heterocycles. The Labute approximate surface area is 159 Å². The Kier molecular flexibility index (Phi) is 5.04.